The molecule has 0 N–H and O–H groups in total. The number of likely N-dealkylation sites (tertiary alicyclic amines) is 1. The summed E-state index contributed by atoms with van der Waals surface area (Å²) in [5, 5.41) is 4.92. The van der Waals surface area contributed by atoms with E-state index in [1.54, 1.807) is 22.6 Å². The minimum Gasteiger partial charge on any atom is -0.449 e. The fraction of sp³-hybridized carbons (Fsp3) is 0.409. The van der Waals surface area contributed by atoms with Crippen LogP contribution in [-0.2, 0) is 20.9 Å². The lowest BCUT2D eigenvalue weighted by Gasteiger charge is -2.19. The molecule has 1 aliphatic heterocycles. The first-order chi connectivity index (χ1) is 13.8. The van der Waals surface area contributed by atoms with Crippen molar-refractivity contribution in [2.75, 3.05) is 13.1 Å². The monoisotopic (exact) mass is 415 g/mol. The van der Waals surface area contributed by atoms with E-state index in [2.05, 4.69) is 5.10 Å². The number of aromatic nitrogens is 2. The number of hydrogen-bond donors (Lipinski definition) is 0. The van der Waals surface area contributed by atoms with Crippen LogP contribution in [0.2, 0.25) is 5.15 Å². The summed E-state index contributed by atoms with van der Waals surface area (Å²) in [5.41, 5.74) is 3.65. The van der Waals surface area contributed by atoms with Crippen LogP contribution in [0.1, 0.15) is 42.1 Å². The molecule has 7 heteroatoms. The van der Waals surface area contributed by atoms with Crippen molar-refractivity contribution in [1.29, 1.82) is 0 Å². The highest BCUT2D eigenvalue weighted by atomic mass is 35.5. The second kappa shape index (κ2) is 9.27. The van der Waals surface area contributed by atoms with Crippen LogP contribution in [0, 0.1) is 13.8 Å². The van der Waals surface area contributed by atoms with Gasteiger partial charge in [0.05, 0.1) is 12.2 Å². The summed E-state index contributed by atoms with van der Waals surface area (Å²) in [6, 6.07) is 8.16. The van der Waals surface area contributed by atoms with Crippen molar-refractivity contribution >= 4 is 29.6 Å². The molecule has 2 aromatic rings. The van der Waals surface area contributed by atoms with Gasteiger partial charge in [-0.15, -0.1) is 0 Å². The number of hydrogen-bond acceptors (Lipinski definition) is 4. The van der Waals surface area contributed by atoms with Crippen LogP contribution >= 0.6 is 11.6 Å². The zero-order valence-electron chi connectivity index (χ0n) is 17.0. The maximum Gasteiger partial charge on any atom is 0.331 e. The van der Waals surface area contributed by atoms with Crippen LogP contribution in [-0.4, -0.2) is 45.8 Å². The maximum atomic E-state index is 12.3. The third kappa shape index (κ3) is 5.26. The summed E-state index contributed by atoms with van der Waals surface area (Å²) in [6.45, 7) is 7.47. The van der Waals surface area contributed by atoms with Crippen molar-refractivity contribution in [2.24, 2.45) is 0 Å². The Morgan fingerprint density at radius 2 is 1.86 bits per heavy atom. The Morgan fingerprint density at radius 1 is 1.21 bits per heavy atom. The topological polar surface area (TPSA) is 64.4 Å². The number of rotatable bonds is 6. The second-order valence-corrected chi connectivity index (χ2v) is 7.74. The molecular weight excluding hydrogens is 390 g/mol. The Hall–Kier alpha value is -2.60. The van der Waals surface area contributed by atoms with E-state index in [1.807, 2.05) is 38.1 Å². The molecule has 1 aliphatic rings. The van der Waals surface area contributed by atoms with Crippen LogP contribution in [0.4, 0.5) is 0 Å². The molecule has 1 saturated heterocycles. The molecule has 1 aromatic carbocycles. The quantitative estimate of drug-likeness (QED) is 0.532. The third-order valence-electron chi connectivity index (χ3n) is 5.01. The third-order valence-corrected chi connectivity index (χ3v) is 5.41. The molecule has 154 valence electrons. The molecule has 0 saturated carbocycles. The van der Waals surface area contributed by atoms with Crippen LogP contribution < -0.4 is 0 Å². The molecule has 6 nitrogen and oxygen atoms in total. The van der Waals surface area contributed by atoms with Gasteiger partial charge in [-0.3, -0.25) is 4.79 Å². The Balaban J connectivity index is 1.63. The fourth-order valence-electron chi connectivity index (χ4n) is 3.34. The molecule has 0 radical (unpaired) electrons. The minimum absolute atomic E-state index is 0.149. The summed E-state index contributed by atoms with van der Waals surface area (Å²) >= 11 is 6.47. The molecule has 1 fully saturated rings. The number of carbonyl (C=O) groups excluding carboxylic acids is 2. The predicted octanol–water partition coefficient (Wildman–Crippen LogP) is 3.77. The van der Waals surface area contributed by atoms with Gasteiger partial charge in [0.2, 0.25) is 0 Å². The normalized spacial score (nSPS) is 15.1. The lowest BCUT2D eigenvalue weighted by Crippen LogP contribution is -2.37. The van der Waals surface area contributed by atoms with Crippen molar-refractivity contribution in [3.8, 4) is 0 Å². The number of esters is 1. The lowest BCUT2D eigenvalue weighted by molar-refractivity contribution is -0.154. The van der Waals surface area contributed by atoms with Gasteiger partial charge in [-0.2, -0.15) is 5.10 Å². The zero-order chi connectivity index (χ0) is 21.0. The number of amides is 1. The molecule has 2 heterocycles. The van der Waals surface area contributed by atoms with Gasteiger partial charge in [0.15, 0.2) is 6.10 Å². The van der Waals surface area contributed by atoms with Gasteiger partial charge in [-0.1, -0.05) is 41.4 Å². The van der Waals surface area contributed by atoms with Crippen molar-refractivity contribution in [3.63, 3.8) is 0 Å². The average Bonchev–Trinajstić information content (AvgIpc) is 3.31. The highest BCUT2D eigenvalue weighted by Gasteiger charge is 2.25. The van der Waals surface area contributed by atoms with E-state index in [4.69, 9.17) is 16.3 Å². The van der Waals surface area contributed by atoms with Crippen LogP contribution in [0.3, 0.4) is 0 Å². The van der Waals surface area contributed by atoms with Crippen LogP contribution in [0.5, 0.6) is 0 Å². The smallest absolute Gasteiger partial charge is 0.331 e. The van der Waals surface area contributed by atoms with Gasteiger partial charge in [0.1, 0.15) is 5.15 Å². The highest BCUT2D eigenvalue weighted by molar-refractivity contribution is 6.31. The molecule has 1 amide bonds. The van der Waals surface area contributed by atoms with E-state index >= 15 is 0 Å². The summed E-state index contributed by atoms with van der Waals surface area (Å²) in [4.78, 5) is 26.1. The van der Waals surface area contributed by atoms with Gasteiger partial charge in [0.25, 0.3) is 5.91 Å². The molecule has 0 aliphatic carbocycles. The lowest BCUT2D eigenvalue weighted by atomic mass is 10.1. The first-order valence-electron chi connectivity index (χ1n) is 9.81. The molecule has 0 spiro atoms. The maximum absolute atomic E-state index is 12.3. The van der Waals surface area contributed by atoms with Crippen LogP contribution in [0.25, 0.3) is 6.08 Å². The minimum atomic E-state index is -0.800. The van der Waals surface area contributed by atoms with Crippen molar-refractivity contribution in [1.82, 2.24) is 14.7 Å². The summed E-state index contributed by atoms with van der Waals surface area (Å²) in [5.74, 6) is -0.726. The summed E-state index contributed by atoms with van der Waals surface area (Å²) in [7, 11) is 0. The largest absolute Gasteiger partial charge is 0.449 e. The van der Waals surface area contributed by atoms with E-state index < -0.39 is 12.1 Å². The average molecular weight is 416 g/mol. The Morgan fingerprint density at radius 3 is 2.52 bits per heavy atom. The van der Waals surface area contributed by atoms with E-state index in [0.29, 0.717) is 23.0 Å². The molecule has 0 bridgehead atoms. The van der Waals surface area contributed by atoms with Gasteiger partial charge in [-0.05, 0) is 45.3 Å². The first kappa shape index (κ1) is 21.1. The Kier molecular flexibility index (Phi) is 6.75. The van der Waals surface area contributed by atoms with Crippen molar-refractivity contribution < 1.29 is 14.3 Å². The molecule has 3 rings (SSSR count). The number of benzene rings is 1. The summed E-state index contributed by atoms with van der Waals surface area (Å²) < 4.78 is 6.95. The fourth-order valence-corrected chi connectivity index (χ4v) is 3.63. The molecule has 1 atom stereocenters. The van der Waals surface area contributed by atoms with Crippen molar-refractivity contribution in [3.05, 3.63) is 57.9 Å². The number of nitrogens with zero attached hydrogens (tertiary/aromatic N) is 3. The van der Waals surface area contributed by atoms with Gasteiger partial charge in [-0.25, -0.2) is 9.48 Å². The van der Waals surface area contributed by atoms with E-state index in [9.17, 15) is 9.59 Å². The van der Waals surface area contributed by atoms with Gasteiger partial charge in [0, 0.05) is 24.7 Å². The van der Waals surface area contributed by atoms with Crippen LogP contribution in [0.15, 0.2) is 30.3 Å². The standard InChI is InChI=1S/C22H26ClN3O3/c1-15-6-8-18(9-7-15)14-26-21(23)19(16(2)24-26)10-11-20(27)29-17(3)22(28)25-12-4-5-13-25/h6-11,17H,4-5,12-14H2,1-3H3/b11-10+/t17-/m0/s1. The number of halogens is 1. The molecule has 1 aromatic heterocycles. The SMILES string of the molecule is Cc1ccc(Cn2nc(C)c(/C=C/C(=O)O[C@@H](C)C(=O)N3CCCC3)c2Cl)cc1. The second-order valence-electron chi connectivity index (χ2n) is 7.38. The van der Waals surface area contributed by atoms with Gasteiger partial charge < -0.3 is 9.64 Å². The van der Waals surface area contributed by atoms with Crippen molar-refractivity contribution in [2.45, 2.75) is 46.3 Å². The summed E-state index contributed by atoms with van der Waals surface area (Å²) in [6.07, 6.45) is 4.07. The van der Waals surface area contributed by atoms with E-state index in [-0.39, 0.29) is 5.91 Å². The number of aryl methyl sites for hydroxylation is 2. The molecular formula is C22H26ClN3O3. The Labute approximate surface area is 176 Å². The highest BCUT2D eigenvalue weighted by Crippen LogP contribution is 2.22. The predicted molar refractivity (Wildman–Crippen MR) is 113 cm³/mol. The Bertz CT molecular complexity index is 912. The number of carbonyl (C=O) groups is 2. The van der Waals surface area contributed by atoms with E-state index in [0.717, 1.165) is 31.5 Å². The van der Waals surface area contributed by atoms with E-state index in [1.165, 1.54) is 11.6 Å². The molecule has 0 unspecified atom stereocenters. The first-order valence-corrected chi connectivity index (χ1v) is 10.2. The number of ether oxygens (including phenoxy) is 1. The molecule has 29 heavy (non-hydrogen) atoms. The zero-order valence-corrected chi connectivity index (χ0v) is 17.8. The van der Waals surface area contributed by atoms with Gasteiger partial charge >= 0.3 is 5.97 Å².